The van der Waals surface area contributed by atoms with Gasteiger partial charge in [-0.2, -0.15) is 0 Å². The van der Waals surface area contributed by atoms with E-state index < -0.39 is 16.1 Å². The molecule has 6 heteroatoms. The number of hydrogen-bond acceptors (Lipinski definition) is 4. The Kier molecular flexibility index (Phi) is 3.88. The van der Waals surface area contributed by atoms with Crippen molar-refractivity contribution in [1.29, 1.82) is 0 Å². The number of hydrogen-bond donors (Lipinski definition) is 0. The smallest absolute Gasteiger partial charge is 0.125 e. The van der Waals surface area contributed by atoms with Crippen LogP contribution in [0.25, 0.3) is 11.4 Å². The predicted octanol–water partition coefficient (Wildman–Crippen LogP) is 2.02. The van der Waals surface area contributed by atoms with Crippen molar-refractivity contribution in [2.24, 2.45) is 0 Å². The second kappa shape index (κ2) is 5.18. The van der Waals surface area contributed by atoms with E-state index in [1.165, 1.54) is 0 Å². The predicted molar refractivity (Wildman–Crippen MR) is 89.0 cm³/mol. The van der Waals surface area contributed by atoms with Crippen molar-refractivity contribution in [3.63, 3.8) is 0 Å². The van der Waals surface area contributed by atoms with E-state index in [-0.39, 0.29) is 0 Å². The molecule has 0 radical (unpaired) electrons. The maximum atomic E-state index is 4.71. The Labute approximate surface area is 122 Å². The Balaban J connectivity index is 2.47. The van der Waals surface area contributed by atoms with Crippen LogP contribution in [0.3, 0.4) is 0 Å². The van der Waals surface area contributed by atoms with Crippen molar-refractivity contribution in [2.75, 3.05) is 0 Å². The van der Waals surface area contributed by atoms with Gasteiger partial charge in [0.05, 0.1) is 11.4 Å². The second-order valence-electron chi connectivity index (χ2n) is 7.05. The van der Waals surface area contributed by atoms with Gasteiger partial charge in [-0.1, -0.05) is 39.3 Å². The zero-order chi connectivity index (χ0) is 15.0. The monoisotopic (exact) mass is 302 g/mol. The summed E-state index contributed by atoms with van der Waals surface area (Å²) in [6, 6.07) is 4.02. The van der Waals surface area contributed by atoms with E-state index in [1.807, 2.05) is 12.3 Å². The molecule has 0 atom stereocenters. The Morgan fingerprint density at radius 1 is 0.800 bits per heavy atom. The molecule has 0 N–H and O–H groups in total. The van der Waals surface area contributed by atoms with E-state index in [4.69, 9.17) is 4.98 Å². The Bertz CT molecular complexity index is 560. The average Bonchev–Trinajstić information content (AvgIpc) is 2.37. The van der Waals surface area contributed by atoms with Gasteiger partial charge in [-0.25, -0.2) is 19.9 Å². The van der Waals surface area contributed by atoms with Crippen LogP contribution < -0.4 is 10.8 Å². The van der Waals surface area contributed by atoms with Crippen molar-refractivity contribution in [2.45, 2.75) is 39.3 Å². The highest BCUT2D eigenvalue weighted by Gasteiger charge is 2.22. The Hall–Kier alpha value is -1.41. The van der Waals surface area contributed by atoms with Crippen molar-refractivity contribution in [3.05, 3.63) is 24.7 Å². The van der Waals surface area contributed by atoms with Crippen molar-refractivity contribution >= 4 is 26.9 Å². The molecule has 2 heterocycles. The van der Waals surface area contributed by atoms with Gasteiger partial charge in [0.15, 0.2) is 0 Å². The van der Waals surface area contributed by atoms with Crippen LogP contribution >= 0.6 is 0 Å². The summed E-state index contributed by atoms with van der Waals surface area (Å²) in [6.07, 6.45) is 3.49. The lowest BCUT2D eigenvalue weighted by Crippen LogP contribution is -2.42. The standard InChI is InChI=1S/C14H22N4Si2/c1-19(2,3)13-9-12(16-10-17-13)11-7-8-15-14(18-11)20(4,5)6/h7-10H,1-6H3. The molecule has 0 saturated heterocycles. The van der Waals surface area contributed by atoms with Gasteiger partial charge in [0, 0.05) is 11.5 Å². The molecule has 0 saturated carbocycles. The van der Waals surface area contributed by atoms with Crippen molar-refractivity contribution in [3.8, 4) is 11.4 Å². The van der Waals surface area contributed by atoms with Crippen LogP contribution in [0.4, 0.5) is 0 Å². The molecule has 0 aliphatic carbocycles. The van der Waals surface area contributed by atoms with Gasteiger partial charge < -0.3 is 0 Å². The minimum absolute atomic E-state index is 0.902. The molecule has 0 aromatic carbocycles. The van der Waals surface area contributed by atoms with Crippen LogP contribution in [0.2, 0.25) is 39.3 Å². The summed E-state index contributed by atoms with van der Waals surface area (Å²) >= 11 is 0. The SMILES string of the molecule is C[Si](C)(C)c1cc(-c2ccnc([Si](C)(C)C)n2)ncn1. The van der Waals surface area contributed by atoms with Gasteiger partial charge in [0.1, 0.15) is 27.9 Å². The third-order valence-corrected chi connectivity index (χ3v) is 6.42. The normalized spacial score (nSPS) is 12.5. The average molecular weight is 303 g/mol. The molecule has 2 rings (SSSR count). The van der Waals surface area contributed by atoms with Crippen molar-refractivity contribution < 1.29 is 0 Å². The zero-order valence-corrected chi connectivity index (χ0v) is 15.1. The molecule has 0 bridgehead atoms. The van der Waals surface area contributed by atoms with Gasteiger partial charge in [0.2, 0.25) is 0 Å². The first-order valence-electron chi connectivity index (χ1n) is 6.84. The third kappa shape index (κ3) is 3.37. The summed E-state index contributed by atoms with van der Waals surface area (Å²) in [5.74, 6) is 0. The first-order valence-corrected chi connectivity index (χ1v) is 13.8. The van der Waals surface area contributed by atoms with Crippen molar-refractivity contribution in [1.82, 2.24) is 19.9 Å². The molecular formula is C14H22N4Si2. The van der Waals surface area contributed by atoms with E-state index in [2.05, 4.69) is 60.3 Å². The Morgan fingerprint density at radius 3 is 2.10 bits per heavy atom. The summed E-state index contributed by atoms with van der Waals surface area (Å²) in [5.41, 5.74) is 2.78. The first kappa shape index (κ1) is 15.0. The maximum absolute atomic E-state index is 4.71. The minimum atomic E-state index is -1.50. The van der Waals surface area contributed by atoms with Gasteiger partial charge in [-0.05, 0) is 12.1 Å². The van der Waals surface area contributed by atoms with Crippen LogP contribution in [0, 0.1) is 0 Å². The quantitative estimate of drug-likeness (QED) is 0.814. The Morgan fingerprint density at radius 2 is 1.50 bits per heavy atom. The van der Waals surface area contributed by atoms with Crippen LogP contribution in [-0.2, 0) is 0 Å². The fraction of sp³-hybridized carbons (Fsp3) is 0.429. The van der Waals surface area contributed by atoms with Crippen LogP contribution in [0.1, 0.15) is 0 Å². The molecule has 2 aromatic heterocycles. The van der Waals surface area contributed by atoms with Gasteiger partial charge >= 0.3 is 0 Å². The summed E-state index contributed by atoms with van der Waals surface area (Å²) in [5, 5.41) is 1.16. The molecule has 4 nitrogen and oxygen atoms in total. The summed E-state index contributed by atoms with van der Waals surface area (Å²) in [4.78, 5) is 17.9. The molecule has 106 valence electrons. The number of aromatic nitrogens is 4. The van der Waals surface area contributed by atoms with Gasteiger partial charge in [0.25, 0.3) is 0 Å². The molecule has 0 fully saturated rings. The number of nitrogens with zero attached hydrogens (tertiary/aromatic N) is 4. The molecule has 2 aromatic rings. The lowest BCUT2D eigenvalue weighted by atomic mass is 10.3. The maximum Gasteiger partial charge on any atom is 0.125 e. The number of rotatable bonds is 3. The summed E-state index contributed by atoms with van der Waals surface area (Å²) in [6.45, 7) is 13.6. The highest BCUT2D eigenvalue weighted by molar-refractivity contribution is 6.88. The second-order valence-corrected chi connectivity index (χ2v) is 17.0. The van der Waals surface area contributed by atoms with E-state index in [9.17, 15) is 0 Å². The molecule has 0 spiro atoms. The van der Waals surface area contributed by atoms with Gasteiger partial charge in [-0.3, -0.25) is 0 Å². The van der Waals surface area contributed by atoms with E-state index in [0.717, 1.165) is 22.2 Å². The topological polar surface area (TPSA) is 51.6 Å². The third-order valence-electron chi connectivity index (χ3n) is 3.02. The van der Waals surface area contributed by atoms with Crippen LogP contribution in [0.15, 0.2) is 24.7 Å². The van der Waals surface area contributed by atoms with Gasteiger partial charge in [-0.15, -0.1) is 0 Å². The van der Waals surface area contributed by atoms with Crippen LogP contribution in [0.5, 0.6) is 0 Å². The highest BCUT2D eigenvalue weighted by atomic mass is 28.3. The molecule has 0 aliphatic heterocycles. The van der Waals surface area contributed by atoms with E-state index >= 15 is 0 Å². The molecular weight excluding hydrogens is 280 g/mol. The molecule has 20 heavy (non-hydrogen) atoms. The lowest BCUT2D eigenvalue weighted by Gasteiger charge is -2.16. The van der Waals surface area contributed by atoms with Crippen LogP contribution in [-0.4, -0.2) is 36.1 Å². The highest BCUT2D eigenvalue weighted by Crippen LogP contribution is 2.12. The lowest BCUT2D eigenvalue weighted by molar-refractivity contribution is 1.15. The molecule has 0 unspecified atom stereocenters. The molecule has 0 aliphatic rings. The zero-order valence-electron chi connectivity index (χ0n) is 13.1. The largest absolute Gasteiger partial charge is 0.247 e. The van der Waals surface area contributed by atoms with E-state index in [1.54, 1.807) is 6.33 Å². The fourth-order valence-corrected chi connectivity index (χ4v) is 3.70. The van der Waals surface area contributed by atoms with E-state index in [0.29, 0.717) is 0 Å². The fourth-order valence-electron chi connectivity index (χ4n) is 1.77. The first-order chi connectivity index (χ1) is 9.18. The molecule has 0 amide bonds. The minimum Gasteiger partial charge on any atom is -0.247 e. The summed E-state index contributed by atoms with van der Waals surface area (Å²) in [7, 11) is -2.94. The summed E-state index contributed by atoms with van der Waals surface area (Å²) < 4.78 is 0.